The largest absolute Gasteiger partial charge is 0.493 e. The summed E-state index contributed by atoms with van der Waals surface area (Å²) < 4.78 is 7.49. The summed E-state index contributed by atoms with van der Waals surface area (Å²) in [4.78, 5) is 0. The number of hydrogen-bond acceptors (Lipinski definition) is 3. The first-order valence-electron chi connectivity index (χ1n) is 6.08. The second kappa shape index (κ2) is 4.87. The van der Waals surface area contributed by atoms with E-state index in [1.54, 1.807) is 7.11 Å². The summed E-state index contributed by atoms with van der Waals surface area (Å²) in [7, 11) is 3.74. The van der Waals surface area contributed by atoms with Crippen LogP contribution in [-0.4, -0.2) is 23.9 Å². The van der Waals surface area contributed by atoms with E-state index in [-0.39, 0.29) is 0 Å². The Labute approximate surface area is 97.0 Å². The fraction of sp³-hybridized carbons (Fsp3) is 0.750. The van der Waals surface area contributed by atoms with Crippen LogP contribution in [0.1, 0.15) is 37.9 Å². The van der Waals surface area contributed by atoms with Crippen molar-refractivity contribution >= 4 is 0 Å². The van der Waals surface area contributed by atoms with E-state index in [2.05, 4.69) is 22.0 Å². The van der Waals surface area contributed by atoms with Gasteiger partial charge in [-0.15, -0.1) is 0 Å². The van der Waals surface area contributed by atoms with Crippen molar-refractivity contribution in [2.75, 3.05) is 14.2 Å². The van der Waals surface area contributed by atoms with Crippen molar-refractivity contribution in [1.29, 1.82) is 0 Å². The normalized spacial score (nSPS) is 17.4. The summed E-state index contributed by atoms with van der Waals surface area (Å²) in [6.07, 6.45) is 5.55. The lowest BCUT2D eigenvalue weighted by molar-refractivity contribution is 0.385. The SMILES string of the molecule is CCCn1ncc(OC)c1C(NC)C1CC1. The van der Waals surface area contributed by atoms with Crippen molar-refractivity contribution in [1.82, 2.24) is 15.1 Å². The number of aryl methyl sites for hydroxylation is 1. The van der Waals surface area contributed by atoms with Gasteiger partial charge in [-0.3, -0.25) is 4.68 Å². The molecular weight excluding hydrogens is 202 g/mol. The Morgan fingerprint density at radius 2 is 2.38 bits per heavy atom. The topological polar surface area (TPSA) is 39.1 Å². The van der Waals surface area contributed by atoms with E-state index in [1.165, 1.54) is 18.5 Å². The second-order valence-corrected chi connectivity index (χ2v) is 4.43. The Morgan fingerprint density at radius 3 is 2.88 bits per heavy atom. The molecule has 1 aromatic rings. The molecule has 1 aliphatic carbocycles. The molecule has 90 valence electrons. The van der Waals surface area contributed by atoms with Crippen LogP contribution in [0.3, 0.4) is 0 Å². The van der Waals surface area contributed by atoms with Gasteiger partial charge in [-0.1, -0.05) is 6.92 Å². The van der Waals surface area contributed by atoms with Crippen molar-refractivity contribution in [2.24, 2.45) is 5.92 Å². The zero-order valence-electron chi connectivity index (χ0n) is 10.4. The van der Waals surface area contributed by atoms with Crippen molar-refractivity contribution in [3.8, 4) is 5.75 Å². The number of ether oxygens (including phenoxy) is 1. The number of nitrogens with zero attached hydrogens (tertiary/aromatic N) is 2. The number of aromatic nitrogens is 2. The van der Waals surface area contributed by atoms with Gasteiger partial charge < -0.3 is 10.1 Å². The molecule has 0 amide bonds. The Hall–Kier alpha value is -1.03. The molecule has 0 aliphatic heterocycles. The minimum absolute atomic E-state index is 0.393. The third-order valence-corrected chi connectivity index (χ3v) is 3.20. The van der Waals surface area contributed by atoms with Gasteiger partial charge in [-0.2, -0.15) is 5.10 Å². The third-order valence-electron chi connectivity index (χ3n) is 3.20. The quantitative estimate of drug-likeness (QED) is 0.801. The maximum atomic E-state index is 5.41. The van der Waals surface area contributed by atoms with E-state index >= 15 is 0 Å². The van der Waals surface area contributed by atoms with Crippen molar-refractivity contribution in [3.05, 3.63) is 11.9 Å². The summed E-state index contributed by atoms with van der Waals surface area (Å²) in [5.41, 5.74) is 1.22. The fourth-order valence-electron chi connectivity index (χ4n) is 2.26. The highest BCUT2D eigenvalue weighted by Gasteiger charge is 2.35. The second-order valence-electron chi connectivity index (χ2n) is 4.43. The highest BCUT2D eigenvalue weighted by molar-refractivity contribution is 5.29. The molecule has 1 aliphatic rings. The molecule has 4 heteroatoms. The molecule has 1 heterocycles. The van der Waals surface area contributed by atoms with Gasteiger partial charge in [-0.25, -0.2) is 0 Å². The predicted octanol–water partition coefficient (Wildman–Crippen LogP) is 1.97. The molecule has 0 aromatic carbocycles. The minimum Gasteiger partial charge on any atom is -0.493 e. The standard InChI is InChI=1S/C12H21N3O/c1-4-7-15-12(10(16-3)8-14-15)11(13-2)9-5-6-9/h8-9,11,13H,4-7H2,1-3H3. The molecule has 1 N–H and O–H groups in total. The van der Waals surface area contributed by atoms with Gasteiger partial charge in [0.2, 0.25) is 0 Å². The Morgan fingerprint density at radius 1 is 1.62 bits per heavy atom. The maximum absolute atomic E-state index is 5.41. The lowest BCUT2D eigenvalue weighted by Crippen LogP contribution is -2.22. The van der Waals surface area contributed by atoms with E-state index < -0.39 is 0 Å². The van der Waals surface area contributed by atoms with Gasteiger partial charge in [0.15, 0.2) is 5.75 Å². The first-order valence-corrected chi connectivity index (χ1v) is 6.08. The van der Waals surface area contributed by atoms with Crippen LogP contribution in [0.4, 0.5) is 0 Å². The Bertz CT molecular complexity index is 344. The van der Waals surface area contributed by atoms with Gasteiger partial charge in [0.25, 0.3) is 0 Å². The van der Waals surface area contributed by atoms with Crippen LogP contribution in [0.5, 0.6) is 5.75 Å². The molecule has 1 atom stereocenters. The molecule has 1 saturated carbocycles. The monoisotopic (exact) mass is 223 g/mol. The summed E-state index contributed by atoms with van der Waals surface area (Å²) in [6, 6.07) is 0.393. The summed E-state index contributed by atoms with van der Waals surface area (Å²) in [6.45, 7) is 3.13. The van der Waals surface area contributed by atoms with Crippen LogP contribution in [0, 0.1) is 5.92 Å². The molecule has 1 unspecified atom stereocenters. The predicted molar refractivity (Wildman–Crippen MR) is 63.6 cm³/mol. The van der Waals surface area contributed by atoms with Crippen LogP contribution in [0.2, 0.25) is 0 Å². The maximum Gasteiger partial charge on any atom is 0.161 e. The summed E-state index contributed by atoms with van der Waals surface area (Å²) in [5.74, 6) is 1.67. The molecule has 4 nitrogen and oxygen atoms in total. The smallest absolute Gasteiger partial charge is 0.161 e. The highest BCUT2D eigenvalue weighted by atomic mass is 16.5. The molecule has 0 saturated heterocycles. The van der Waals surface area contributed by atoms with Gasteiger partial charge in [-0.05, 0) is 32.2 Å². The number of rotatable bonds is 6. The molecule has 0 bridgehead atoms. The Balaban J connectivity index is 2.29. The van der Waals surface area contributed by atoms with Gasteiger partial charge >= 0.3 is 0 Å². The van der Waals surface area contributed by atoms with Gasteiger partial charge in [0.1, 0.15) is 0 Å². The zero-order valence-corrected chi connectivity index (χ0v) is 10.4. The zero-order chi connectivity index (χ0) is 11.5. The van der Waals surface area contributed by atoms with Crippen LogP contribution < -0.4 is 10.1 Å². The Kier molecular flexibility index (Phi) is 3.49. The molecule has 0 spiro atoms. The average molecular weight is 223 g/mol. The average Bonchev–Trinajstić information content (AvgIpc) is 3.04. The molecule has 16 heavy (non-hydrogen) atoms. The van der Waals surface area contributed by atoms with E-state index in [9.17, 15) is 0 Å². The van der Waals surface area contributed by atoms with E-state index in [1.807, 2.05) is 13.2 Å². The van der Waals surface area contributed by atoms with E-state index in [4.69, 9.17) is 4.74 Å². The summed E-state index contributed by atoms with van der Waals surface area (Å²) >= 11 is 0. The molecule has 1 aromatic heterocycles. The minimum atomic E-state index is 0.393. The lowest BCUT2D eigenvalue weighted by Gasteiger charge is -2.18. The number of methoxy groups -OCH3 is 1. The summed E-state index contributed by atoms with van der Waals surface area (Å²) in [5, 5.41) is 7.81. The van der Waals surface area contributed by atoms with E-state index in [0.29, 0.717) is 6.04 Å². The third kappa shape index (κ3) is 2.07. The first-order chi connectivity index (χ1) is 7.81. The molecule has 1 fully saturated rings. The highest BCUT2D eigenvalue weighted by Crippen LogP contribution is 2.43. The van der Waals surface area contributed by atoms with Gasteiger partial charge in [0, 0.05) is 6.54 Å². The van der Waals surface area contributed by atoms with Crippen LogP contribution in [0.15, 0.2) is 6.20 Å². The first kappa shape index (κ1) is 11.5. The van der Waals surface area contributed by atoms with Crippen LogP contribution in [0.25, 0.3) is 0 Å². The molecule has 2 rings (SSSR count). The van der Waals surface area contributed by atoms with Crippen molar-refractivity contribution < 1.29 is 4.74 Å². The van der Waals surface area contributed by atoms with E-state index in [0.717, 1.165) is 24.6 Å². The number of nitrogens with one attached hydrogen (secondary N) is 1. The van der Waals surface area contributed by atoms with Crippen molar-refractivity contribution in [3.63, 3.8) is 0 Å². The fourth-order valence-corrected chi connectivity index (χ4v) is 2.26. The van der Waals surface area contributed by atoms with Crippen LogP contribution in [-0.2, 0) is 6.54 Å². The molecular formula is C12H21N3O. The van der Waals surface area contributed by atoms with Gasteiger partial charge in [0.05, 0.1) is 25.0 Å². The lowest BCUT2D eigenvalue weighted by atomic mass is 10.1. The number of hydrogen-bond donors (Lipinski definition) is 1. The van der Waals surface area contributed by atoms with Crippen molar-refractivity contribution in [2.45, 2.75) is 38.8 Å². The van der Waals surface area contributed by atoms with Crippen LogP contribution >= 0.6 is 0 Å². The molecule has 0 radical (unpaired) electrons.